The summed E-state index contributed by atoms with van der Waals surface area (Å²) in [6, 6.07) is 21.8. The van der Waals surface area contributed by atoms with Crippen molar-refractivity contribution in [1.29, 1.82) is 0 Å². The molecule has 5 nitrogen and oxygen atoms in total. The fourth-order valence-corrected chi connectivity index (χ4v) is 4.88. The molecule has 0 unspecified atom stereocenters. The van der Waals surface area contributed by atoms with Gasteiger partial charge in [0.2, 0.25) is 0 Å². The summed E-state index contributed by atoms with van der Waals surface area (Å²) in [4.78, 5) is 33.3. The lowest BCUT2D eigenvalue weighted by molar-refractivity contribution is -0.120. The molecule has 0 bridgehead atoms. The number of fused-ring (bicyclic) bond motifs is 4. The van der Waals surface area contributed by atoms with Gasteiger partial charge in [0.05, 0.1) is 5.69 Å². The maximum Gasteiger partial charge on any atom is 0.332 e. The van der Waals surface area contributed by atoms with Crippen molar-refractivity contribution in [2.45, 2.75) is 18.5 Å². The Morgan fingerprint density at radius 1 is 0.871 bits per heavy atom. The number of hydrogen-bond donors (Lipinski definition) is 1. The van der Waals surface area contributed by atoms with Crippen molar-refractivity contribution in [2.75, 3.05) is 4.90 Å². The molecule has 1 N–H and O–H groups in total. The van der Waals surface area contributed by atoms with Crippen LogP contribution in [0.4, 0.5) is 14.9 Å². The Bertz CT molecular complexity index is 1330. The molecule has 3 aromatic carbocycles. The van der Waals surface area contributed by atoms with Gasteiger partial charge in [0.25, 0.3) is 5.91 Å². The van der Waals surface area contributed by atoms with Crippen LogP contribution in [0.15, 0.2) is 78.9 Å². The Labute approximate surface area is 177 Å². The molecule has 152 valence electrons. The first-order valence-corrected chi connectivity index (χ1v) is 10.2. The van der Waals surface area contributed by atoms with Gasteiger partial charge in [-0.1, -0.05) is 48.5 Å². The fourth-order valence-electron chi connectivity index (χ4n) is 4.88. The first kappa shape index (κ1) is 17.9. The zero-order valence-electron chi connectivity index (χ0n) is 16.5. The predicted octanol–water partition coefficient (Wildman–Crippen LogP) is 4.79. The molecule has 2 aliphatic rings. The molecule has 6 heteroatoms. The Kier molecular flexibility index (Phi) is 3.77. The van der Waals surface area contributed by atoms with E-state index in [-0.39, 0.29) is 11.9 Å². The van der Waals surface area contributed by atoms with Crippen LogP contribution >= 0.6 is 0 Å². The standard InChI is InChI=1S/C25H18FN3O2/c26-16-10-12-17(13-11-16)28-24(30)21-14-19-18-8-4-5-9-20(18)27-22(19)23(29(21)25(28)31)15-6-2-1-3-7-15/h1-13,21,23,27H,14H2/t21-,23+/m0/s1. The fraction of sp³-hybridized carbons (Fsp3) is 0.120. The molecule has 2 atom stereocenters. The maximum absolute atomic E-state index is 13.6. The van der Waals surface area contributed by atoms with E-state index in [9.17, 15) is 14.0 Å². The highest BCUT2D eigenvalue weighted by atomic mass is 19.1. The van der Waals surface area contributed by atoms with Gasteiger partial charge in [-0.15, -0.1) is 0 Å². The van der Waals surface area contributed by atoms with Crippen molar-refractivity contribution in [3.63, 3.8) is 0 Å². The molecule has 0 spiro atoms. The third-order valence-corrected chi connectivity index (χ3v) is 6.25. The summed E-state index contributed by atoms with van der Waals surface area (Å²) in [6.07, 6.45) is 0.435. The molecule has 0 radical (unpaired) electrons. The minimum Gasteiger partial charge on any atom is -0.356 e. The number of carbonyl (C=O) groups is 2. The average Bonchev–Trinajstić information content (AvgIpc) is 3.29. The molecular formula is C25H18FN3O2. The van der Waals surface area contributed by atoms with E-state index in [1.165, 1.54) is 29.2 Å². The van der Waals surface area contributed by atoms with Gasteiger partial charge in [-0.2, -0.15) is 0 Å². The lowest BCUT2D eigenvalue weighted by Gasteiger charge is -2.36. The molecule has 6 rings (SSSR count). The number of rotatable bonds is 2. The molecule has 3 amide bonds. The van der Waals surface area contributed by atoms with Gasteiger partial charge in [0.1, 0.15) is 17.9 Å². The zero-order chi connectivity index (χ0) is 21.1. The number of anilines is 1. The van der Waals surface area contributed by atoms with E-state index in [1.54, 1.807) is 4.90 Å². The average molecular weight is 411 g/mol. The third-order valence-electron chi connectivity index (χ3n) is 6.25. The number of imide groups is 1. The summed E-state index contributed by atoms with van der Waals surface area (Å²) in [6.45, 7) is 0. The van der Waals surface area contributed by atoms with Crippen molar-refractivity contribution >= 4 is 28.5 Å². The van der Waals surface area contributed by atoms with Gasteiger partial charge in [-0.25, -0.2) is 14.1 Å². The molecule has 3 heterocycles. The predicted molar refractivity (Wildman–Crippen MR) is 115 cm³/mol. The molecule has 0 saturated carbocycles. The molecule has 2 aliphatic heterocycles. The SMILES string of the molecule is O=C1[C@@H]2Cc3c([nH]c4ccccc34)[C@@H](c3ccccc3)N2C(=O)N1c1ccc(F)cc1. The van der Waals surface area contributed by atoms with Gasteiger partial charge in [-0.3, -0.25) is 9.69 Å². The third kappa shape index (κ3) is 2.54. The minimum atomic E-state index is -0.616. The van der Waals surface area contributed by atoms with Crippen molar-refractivity contribution < 1.29 is 14.0 Å². The molecular weight excluding hydrogens is 393 g/mol. The summed E-state index contributed by atoms with van der Waals surface area (Å²) < 4.78 is 13.4. The number of hydrogen-bond acceptors (Lipinski definition) is 2. The van der Waals surface area contributed by atoms with E-state index in [4.69, 9.17) is 0 Å². The molecule has 1 fully saturated rings. The Hall–Kier alpha value is -3.93. The zero-order valence-corrected chi connectivity index (χ0v) is 16.5. The lowest BCUT2D eigenvalue weighted by atomic mass is 9.89. The Morgan fingerprint density at radius 2 is 1.58 bits per heavy atom. The van der Waals surface area contributed by atoms with Crippen molar-refractivity contribution in [2.24, 2.45) is 0 Å². The lowest BCUT2D eigenvalue weighted by Crippen LogP contribution is -2.44. The van der Waals surface area contributed by atoms with Crippen LogP contribution in [-0.4, -0.2) is 27.9 Å². The monoisotopic (exact) mass is 411 g/mol. The highest BCUT2D eigenvalue weighted by Crippen LogP contribution is 2.44. The summed E-state index contributed by atoms with van der Waals surface area (Å²) in [5.41, 5.74) is 4.30. The number of nitrogens with zero attached hydrogens (tertiary/aromatic N) is 2. The van der Waals surface area contributed by atoms with E-state index < -0.39 is 17.9 Å². The number of carbonyl (C=O) groups excluding carboxylic acids is 2. The van der Waals surface area contributed by atoms with Gasteiger partial charge < -0.3 is 4.98 Å². The van der Waals surface area contributed by atoms with Gasteiger partial charge in [-0.05, 0) is 41.5 Å². The highest BCUT2D eigenvalue weighted by molar-refractivity contribution is 6.22. The molecule has 1 aromatic heterocycles. The summed E-state index contributed by atoms with van der Waals surface area (Å²) in [7, 11) is 0. The molecule has 31 heavy (non-hydrogen) atoms. The van der Waals surface area contributed by atoms with Crippen molar-refractivity contribution in [3.8, 4) is 0 Å². The van der Waals surface area contributed by atoms with E-state index in [0.717, 1.165) is 27.7 Å². The van der Waals surface area contributed by atoms with Crippen LogP contribution in [0.5, 0.6) is 0 Å². The van der Waals surface area contributed by atoms with Crippen LogP contribution in [-0.2, 0) is 11.2 Å². The van der Waals surface area contributed by atoms with E-state index >= 15 is 0 Å². The topological polar surface area (TPSA) is 56.4 Å². The number of H-pyrrole nitrogens is 1. The first-order valence-electron chi connectivity index (χ1n) is 10.2. The van der Waals surface area contributed by atoms with Crippen LogP contribution in [0.1, 0.15) is 22.9 Å². The van der Waals surface area contributed by atoms with Crippen LogP contribution < -0.4 is 4.90 Å². The second kappa shape index (κ2) is 6.54. The number of aromatic nitrogens is 1. The van der Waals surface area contributed by atoms with Gasteiger partial charge >= 0.3 is 6.03 Å². The quantitative estimate of drug-likeness (QED) is 0.482. The minimum absolute atomic E-state index is 0.284. The van der Waals surface area contributed by atoms with Crippen molar-refractivity contribution in [1.82, 2.24) is 9.88 Å². The van der Waals surface area contributed by atoms with Gasteiger partial charge in [0.15, 0.2) is 0 Å². The van der Waals surface area contributed by atoms with Crippen LogP contribution in [0.25, 0.3) is 10.9 Å². The highest BCUT2D eigenvalue weighted by Gasteiger charge is 2.53. The molecule has 1 saturated heterocycles. The van der Waals surface area contributed by atoms with Crippen LogP contribution in [0.2, 0.25) is 0 Å². The van der Waals surface area contributed by atoms with E-state index in [1.807, 2.05) is 54.6 Å². The number of aromatic amines is 1. The Morgan fingerprint density at radius 3 is 2.35 bits per heavy atom. The second-order valence-corrected chi connectivity index (χ2v) is 7.94. The van der Waals surface area contributed by atoms with E-state index in [0.29, 0.717) is 12.1 Å². The maximum atomic E-state index is 13.6. The number of amides is 3. The largest absolute Gasteiger partial charge is 0.356 e. The second-order valence-electron chi connectivity index (χ2n) is 7.94. The summed E-state index contributed by atoms with van der Waals surface area (Å²) in [5, 5.41) is 1.07. The number of para-hydroxylation sites is 1. The number of urea groups is 1. The summed E-state index contributed by atoms with van der Waals surface area (Å²) in [5.74, 6) is -0.697. The van der Waals surface area contributed by atoms with Crippen molar-refractivity contribution in [3.05, 3.63) is 102 Å². The summed E-state index contributed by atoms with van der Waals surface area (Å²) >= 11 is 0. The Balaban J connectivity index is 1.54. The number of halogens is 1. The number of nitrogens with one attached hydrogen (secondary N) is 1. The first-order chi connectivity index (χ1) is 15.1. The number of benzene rings is 3. The molecule has 4 aromatic rings. The normalized spacial score (nSPS) is 20.3. The van der Waals surface area contributed by atoms with Crippen LogP contribution in [0, 0.1) is 5.82 Å². The van der Waals surface area contributed by atoms with E-state index in [2.05, 4.69) is 4.98 Å². The molecule has 0 aliphatic carbocycles. The smallest absolute Gasteiger partial charge is 0.332 e. The van der Waals surface area contributed by atoms with Gasteiger partial charge in [0, 0.05) is 23.0 Å². The van der Waals surface area contributed by atoms with Crippen LogP contribution in [0.3, 0.4) is 0 Å².